The van der Waals surface area contributed by atoms with E-state index in [2.05, 4.69) is 10.1 Å². The second-order valence-electron chi connectivity index (χ2n) is 6.04. The summed E-state index contributed by atoms with van der Waals surface area (Å²) >= 11 is 0. The van der Waals surface area contributed by atoms with Crippen molar-refractivity contribution in [1.82, 2.24) is 10.1 Å². The normalized spacial score (nSPS) is 10.8. The van der Waals surface area contributed by atoms with Gasteiger partial charge >= 0.3 is 5.69 Å². The molecule has 29 heavy (non-hydrogen) atoms. The van der Waals surface area contributed by atoms with Gasteiger partial charge in [-0.25, -0.2) is 0 Å². The molecule has 0 aliphatic heterocycles. The van der Waals surface area contributed by atoms with Gasteiger partial charge in [0, 0.05) is 29.3 Å². The molecule has 0 radical (unpaired) electrons. The summed E-state index contributed by atoms with van der Waals surface area (Å²) in [4.78, 5) is 14.4. The van der Waals surface area contributed by atoms with Gasteiger partial charge in [0.15, 0.2) is 11.9 Å². The van der Waals surface area contributed by atoms with Crippen molar-refractivity contribution in [2.45, 2.75) is 0 Å². The van der Waals surface area contributed by atoms with Crippen LogP contribution in [0, 0.1) is 15.3 Å². The second-order valence-corrected chi connectivity index (χ2v) is 6.04. The number of nitrogens with zero attached hydrogens (tertiary/aromatic N) is 4. The van der Waals surface area contributed by atoms with Crippen molar-refractivity contribution >= 4 is 5.69 Å². The summed E-state index contributed by atoms with van der Waals surface area (Å²) < 4.78 is 5.86. The molecule has 0 aliphatic rings. The van der Waals surface area contributed by atoms with E-state index in [-0.39, 0.29) is 17.3 Å². The van der Waals surface area contributed by atoms with E-state index in [1.165, 1.54) is 12.3 Å². The lowest BCUT2D eigenvalue weighted by molar-refractivity contribution is -0.593. The van der Waals surface area contributed by atoms with Crippen molar-refractivity contribution in [1.29, 1.82) is 0 Å². The highest BCUT2D eigenvalue weighted by atomic mass is 16.6. The molecule has 2 aromatic heterocycles. The van der Waals surface area contributed by atoms with Gasteiger partial charge in [0.05, 0.1) is 10.5 Å². The van der Waals surface area contributed by atoms with Gasteiger partial charge < -0.3 is 19.9 Å². The van der Waals surface area contributed by atoms with Crippen LogP contribution < -0.4 is 4.73 Å². The quantitative estimate of drug-likeness (QED) is 0.177. The highest BCUT2D eigenvalue weighted by Crippen LogP contribution is 2.39. The van der Waals surface area contributed by atoms with Crippen molar-refractivity contribution in [3.63, 3.8) is 0 Å². The number of phenols is 2. The van der Waals surface area contributed by atoms with Crippen LogP contribution in [0.4, 0.5) is 5.69 Å². The van der Waals surface area contributed by atoms with Gasteiger partial charge in [-0.3, -0.25) is 10.1 Å². The Morgan fingerprint density at radius 3 is 2.48 bits per heavy atom. The minimum atomic E-state index is -0.853. The summed E-state index contributed by atoms with van der Waals surface area (Å²) in [5, 5.41) is 46.3. The number of rotatable bonds is 4. The average Bonchev–Trinajstić information content (AvgIpc) is 3.21. The maximum Gasteiger partial charge on any atom is 0.315 e. The Bertz CT molecular complexity index is 1220. The monoisotopic (exact) mass is 392 g/mol. The second kappa shape index (κ2) is 6.93. The lowest BCUT2D eigenvalue weighted by Gasteiger charge is -2.05. The molecule has 2 heterocycles. The van der Waals surface area contributed by atoms with Crippen molar-refractivity contribution in [2.75, 3.05) is 0 Å². The fraction of sp³-hybridized carbons (Fsp3) is 0. The number of nitro benzene ring substituents is 1. The molecule has 0 fully saturated rings. The third-order valence-corrected chi connectivity index (χ3v) is 4.19. The maximum absolute atomic E-state index is 12.1. The number of hydrogen-bond donors (Lipinski definition) is 2. The Labute approximate surface area is 162 Å². The first-order valence-corrected chi connectivity index (χ1v) is 8.27. The number of pyridine rings is 1. The van der Waals surface area contributed by atoms with Crippen LogP contribution in [0.3, 0.4) is 0 Å². The highest BCUT2D eigenvalue weighted by molar-refractivity contribution is 5.69. The van der Waals surface area contributed by atoms with E-state index in [1.807, 2.05) is 6.07 Å². The molecule has 144 valence electrons. The first-order valence-electron chi connectivity index (χ1n) is 8.27. The molecule has 0 saturated carbocycles. The zero-order valence-electron chi connectivity index (χ0n) is 14.6. The van der Waals surface area contributed by atoms with Crippen LogP contribution in [0.2, 0.25) is 0 Å². The lowest BCUT2D eigenvalue weighted by Crippen LogP contribution is -2.28. The van der Waals surface area contributed by atoms with Gasteiger partial charge in [-0.2, -0.15) is 9.71 Å². The molecule has 0 aliphatic carbocycles. The molecule has 0 unspecified atom stereocenters. The Morgan fingerprint density at radius 1 is 1.00 bits per heavy atom. The highest BCUT2D eigenvalue weighted by Gasteiger charge is 2.22. The summed E-state index contributed by atoms with van der Waals surface area (Å²) in [5.74, 6) is -1.49. The third-order valence-electron chi connectivity index (χ3n) is 4.19. The smallest absolute Gasteiger partial charge is 0.315 e. The molecule has 0 saturated heterocycles. The third kappa shape index (κ3) is 3.30. The maximum atomic E-state index is 12.1. The van der Waals surface area contributed by atoms with Crippen molar-refractivity contribution in [2.24, 2.45) is 0 Å². The van der Waals surface area contributed by atoms with Gasteiger partial charge in [0.25, 0.3) is 5.89 Å². The van der Waals surface area contributed by atoms with Gasteiger partial charge in [0.2, 0.25) is 17.3 Å². The molecule has 2 aromatic carbocycles. The van der Waals surface area contributed by atoms with Gasteiger partial charge in [0.1, 0.15) is 0 Å². The van der Waals surface area contributed by atoms with Crippen molar-refractivity contribution < 1.29 is 24.4 Å². The van der Waals surface area contributed by atoms with Gasteiger partial charge in [-0.15, -0.1) is 0 Å². The summed E-state index contributed by atoms with van der Waals surface area (Å²) in [5.41, 5.74) is 0.935. The summed E-state index contributed by atoms with van der Waals surface area (Å²) in [7, 11) is 0. The molecule has 4 aromatic rings. The number of nitro groups is 1. The minimum Gasteiger partial charge on any atom is -0.618 e. The zero-order valence-corrected chi connectivity index (χ0v) is 14.6. The number of benzene rings is 2. The SMILES string of the molecule is O=[N+]([O-])c1cc(-c2nc(-c3cc[n+]([O-])c(-c4ccccc4)c3)no2)cc(O)c1O. The van der Waals surface area contributed by atoms with E-state index >= 15 is 0 Å². The summed E-state index contributed by atoms with van der Waals surface area (Å²) in [6, 6.07) is 14.2. The molecule has 0 atom stereocenters. The molecular weight excluding hydrogens is 380 g/mol. The Balaban J connectivity index is 1.75. The fourth-order valence-electron chi connectivity index (χ4n) is 2.77. The minimum absolute atomic E-state index is 0.0591. The van der Waals surface area contributed by atoms with Crippen molar-refractivity contribution in [3.05, 3.63) is 76.1 Å². The van der Waals surface area contributed by atoms with Crippen LogP contribution in [0.15, 0.2) is 65.3 Å². The number of aromatic nitrogens is 3. The molecule has 10 heteroatoms. The molecule has 4 rings (SSSR count). The predicted octanol–water partition coefficient (Wildman–Crippen LogP) is 3.02. The largest absolute Gasteiger partial charge is 0.618 e. The van der Waals surface area contributed by atoms with E-state index in [0.29, 0.717) is 21.6 Å². The number of aromatic hydroxyl groups is 2. The van der Waals surface area contributed by atoms with Gasteiger partial charge in [-0.05, 0) is 18.2 Å². The Kier molecular flexibility index (Phi) is 4.28. The Morgan fingerprint density at radius 2 is 1.76 bits per heavy atom. The molecule has 0 spiro atoms. The van der Waals surface area contributed by atoms with E-state index in [1.54, 1.807) is 30.3 Å². The average molecular weight is 392 g/mol. The molecule has 10 nitrogen and oxygen atoms in total. The van der Waals surface area contributed by atoms with E-state index < -0.39 is 22.1 Å². The summed E-state index contributed by atoms with van der Waals surface area (Å²) in [6.07, 6.45) is 1.31. The van der Waals surface area contributed by atoms with Crippen LogP contribution in [-0.2, 0) is 0 Å². The molecule has 2 N–H and O–H groups in total. The molecule has 0 amide bonds. The van der Waals surface area contributed by atoms with Crippen LogP contribution in [0.1, 0.15) is 0 Å². The van der Waals surface area contributed by atoms with E-state index in [0.717, 1.165) is 12.1 Å². The molecule has 0 bridgehead atoms. The predicted molar refractivity (Wildman–Crippen MR) is 99.5 cm³/mol. The topological polar surface area (TPSA) is 149 Å². The van der Waals surface area contributed by atoms with Crippen molar-refractivity contribution in [3.8, 4) is 45.6 Å². The van der Waals surface area contributed by atoms with Crippen LogP contribution in [0.5, 0.6) is 11.5 Å². The van der Waals surface area contributed by atoms with Crippen LogP contribution >= 0.6 is 0 Å². The summed E-state index contributed by atoms with van der Waals surface area (Å²) in [6.45, 7) is 0. The standard InChI is InChI=1S/C19H12N4O6/c24-16-10-13(9-15(17(16)25)23(27)28)19-20-18(21-29-19)12-6-7-22(26)14(8-12)11-4-2-1-3-5-11/h1-10,24-25H. The van der Waals surface area contributed by atoms with E-state index in [9.17, 15) is 25.5 Å². The van der Waals surface area contributed by atoms with E-state index in [4.69, 9.17) is 4.52 Å². The zero-order chi connectivity index (χ0) is 20.5. The van der Waals surface area contributed by atoms with Gasteiger partial charge in [-0.1, -0.05) is 23.4 Å². The first-order chi connectivity index (χ1) is 13.9. The number of hydrogen-bond acceptors (Lipinski definition) is 8. The molecular formula is C19H12N4O6. The van der Waals surface area contributed by atoms with Crippen LogP contribution in [0.25, 0.3) is 34.1 Å². The lowest BCUT2D eigenvalue weighted by atomic mass is 10.1. The first kappa shape index (κ1) is 17.9. The fourth-order valence-corrected chi connectivity index (χ4v) is 2.77. The Hall–Kier alpha value is -4.47. The van der Waals surface area contributed by atoms with Crippen LogP contribution in [-0.4, -0.2) is 25.3 Å². The number of phenolic OH excluding ortho intramolecular Hbond substituents is 2.